The summed E-state index contributed by atoms with van der Waals surface area (Å²) in [5, 5.41) is 9.09. The van der Waals surface area contributed by atoms with E-state index in [0.29, 0.717) is 0 Å². The van der Waals surface area contributed by atoms with Gasteiger partial charge in [-0.25, -0.2) is 12.8 Å². The van der Waals surface area contributed by atoms with Gasteiger partial charge in [-0.1, -0.05) is 0 Å². The van der Waals surface area contributed by atoms with Crippen LogP contribution in [0, 0.1) is 5.82 Å². The molecular weight excluding hydrogens is 287 g/mol. The van der Waals surface area contributed by atoms with Gasteiger partial charge in [0.15, 0.2) is 0 Å². The van der Waals surface area contributed by atoms with Gasteiger partial charge in [-0.15, -0.1) is 0 Å². The van der Waals surface area contributed by atoms with E-state index in [1.54, 1.807) is 6.92 Å². The predicted molar refractivity (Wildman–Crippen MR) is 71.0 cm³/mol. The van der Waals surface area contributed by atoms with Crippen LogP contribution in [0.25, 0.3) is 0 Å². The van der Waals surface area contributed by atoms with Crippen molar-refractivity contribution in [3.8, 4) is 0 Å². The molecule has 0 aliphatic carbocycles. The number of sulfonamides is 1. The number of hydrogen-bond donors (Lipinski definition) is 2. The highest BCUT2D eigenvalue weighted by molar-refractivity contribution is 7.89. The molecule has 8 heteroatoms. The van der Waals surface area contributed by atoms with E-state index in [4.69, 9.17) is 15.6 Å². The van der Waals surface area contributed by atoms with Crippen molar-refractivity contribution in [2.75, 3.05) is 25.5 Å². The Morgan fingerprint density at radius 3 is 2.90 bits per heavy atom. The molecule has 1 saturated heterocycles. The van der Waals surface area contributed by atoms with Crippen molar-refractivity contribution < 1.29 is 22.7 Å². The second-order valence-electron chi connectivity index (χ2n) is 4.75. The van der Waals surface area contributed by atoms with E-state index in [-0.39, 0.29) is 25.4 Å². The monoisotopic (exact) mass is 304 g/mol. The summed E-state index contributed by atoms with van der Waals surface area (Å²) < 4.78 is 45.2. The van der Waals surface area contributed by atoms with Crippen LogP contribution in [0.4, 0.5) is 10.1 Å². The summed E-state index contributed by atoms with van der Waals surface area (Å²) in [5.74, 6) is -0.849. The molecule has 112 valence electrons. The van der Waals surface area contributed by atoms with Gasteiger partial charge in [-0.05, 0) is 25.1 Å². The molecule has 0 radical (unpaired) electrons. The molecular formula is C12H17FN2O4S. The molecule has 1 heterocycles. The van der Waals surface area contributed by atoms with Crippen molar-refractivity contribution in [2.45, 2.75) is 24.0 Å². The molecule has 20 heavy (non-hydrogen) atoms. The molecule has 1 aliphatic heterocycles. The van der Waals surface area contributed by atoms with Gasteiger partial charge in [0, 0.05) is 18.3 Å². The zero-order valence-corrected chi connectivity index (χ0v) is 11.8. The smallest absolute Gasteiger partial charge is 0.246 e. The van der Waals surface area contributed by atoms with Crippen LogP contribution in [0.2, 0.25) is 0 Å². The molecule has 2 atom stereocenters. The molecule has 0 saturated carbocycles. The molecule has 1 aromatic rings. The van der Waals surface area contributed by atoms with Crippen molar-refractivity contribution in [3.63, 3.8) is 0 Å². The van der Waals surface area contributed by atoms with Crippen LogP contribution in [0.3, 0.4) is 0 Å². The van der Waals surface area contributed by atoms with Crippen molar-refractivity contribution in [2.24, 2.45) is 0 Å². The van der Waals surface area contributed by atoms with Gasteiger partial charge in [0.25, 0.3) is 0 Å². The average Bonchev–Trinajstić information content (AvgIpc) is 2.41. The first-order chi connectivity index (χ1) is 9.36. The Morgan fingerprint density at radius 2 is 2.25 bits per heavy atom. The third-order valence-electron chi connectivity index (χ3n) is 3.19. The SMILES string of the molecule is CC1COC(CO)CN1S(=O)(=O)c1cc(N)ccc1F. The Morgan fingerprint density at radius 1 is 1.55 bits per heavy atom. The molecule has 0 bridgehead atoms. The highest BCUT2D eigenvalue weighted by Crippen LogP contribution is 2.25. The number of aliphatic hydroxyl groups excluding tert-OH is 1. The molecule has 2 unspecified atom stereocenters. The molecule has 6 nitrogen and oxygen atoms in total. The van der Waals surface area contributed by atoms with Crippen molar-refractivity contribution in [3.05, 3.63) is 24.0 Å². The van der Waals surface area contributed by atoms with Crippen LogP contribution in [0.5, 0.6) is 0 Å². The molecule has 0 amide bonds. The summed E-state index contributed by atoms with van der Waals surface area (Å²) in [6, 6.07) is 2.98. The fraction of sp³-hybridized carbons (Fsp3) is 0.500. The molecule has 3 N–H and O–H groups in total. The minimum atomic E-state index is -4.02. The maximum absolute atomic E-state index is 13.8. The summed E-state index contributed by atoms with van der Waals surface area (Å²) in [6.45, 7) is 1.50. The van der Waals surface area contributed by atoms with Crippen LogP contribution in [0.1, 0.15) is 6.92 Å². The molecule has 1 aromatic carbocycles. The third-order valence-corrected chi connectivity index (χ3v) is 5.19. The standard InChI is InChI=1S/C12H17FN2O4S/c1-8-7-19-10(6-16)5-15(8)20(17,18)12-4-9(14)2-3-11(12)13/h2-4,8,10,16H,5-7,14H2,1H3. The lowest BCUT2D eigenvalue weighted by Crippen LogP contribution is -2.52. The summed E-state index contributed by atoms with van der Waals surface area (Å²) in [6.07, 6.45) is -0.606. The first-order valence-corrected chi connectivity index (χ1v) is 7.59. The number of morpholine rings is 1. The zero-order valence-electron chi connectivity index (χ0n) is 11.0. The van der Waals surface area contributed by atoms with Gasteiger partial charge in [-0.2, -0.15) is 4.31 Å². The van der Waals surface area contributed by atoms with E-state index in [2.05, 4.69) is 0 Å². The summed E-state index contributed by atoms with van der Waals surface area (Å²) in [5.41, 5.74) is 5.70. The largest absolute Gasteiger partial charge is 0.399 e. The topological polar surface area (TPSA) is 92.9 Å². The summed E-state index contributed by atoms with van der Waals surface area (Å²) in [4.78, 5) is -0.456. The Hall–Kier alpha value is -1.22. The molecule has 1 aliphatic rings. The normalized spacial score (nSPS) is 24.8. The van der Waals surface area contributed by atoms with Gasteiger partial charge in [0.2, 0.25) is 10.0 Å². The Bertz CT molecular complexity index is 593. The quantitative estimate of drug-likeness (QED) is 0.777. The number of ether oxygens (including phenoxy) is 1. The Balaban J connectivity index is 2.40. The van der Waals surface area contributed by atoms with Gasteiger partial charge in [0.1, 0.15) is 10.7 Å². The minimum Gasteiger partial charge on any atom is -0.399 e. The number of rotatable bonds is 3. The number of benzene rings is 1. The number of nitrogens with zero attached hydrogens (tertiary/aromatic N) is 1. The number of hydrogen-bond acceptors (Lipinski definition) is 5. The first kappa shape index (κ1) is 15.2. The van der Waals surface area contributed by atoms with E-state index in [1.807, 2.05) is 0 Å². The van der Waals surface area contributed by atoms with Crippen molar-refractivity contribution >= 4 is 15.7 Å². The van der Waals surface area contributed by atoms with Gasteiger partial charge >= 0.3 is 0 Å². The van der Waals surface area contributed by atoms with E-state index in [9.17, 15) is 12.8 Å². The average molecular weight is 304 g/mol. The number of aliphatic hydroxyl groups is 1. The molecule has 1 fully saturated rings. The number of anilines is 1. The zero-order chi connectivity index (χ0) is 14.9. The van der Waals surface area contributed by atoms with E-state index in [1.165, 1.54) is 6.07 Å². The highest BCUT2D eigenvalue weighted by Gasteiger charge is 2.36. The van der Waals surface area contributed by atoms with E-state index < -0.39 is 32.9 Å². The number of nitrogens with two attached hydrogens (primary N) is 1. The van der Waals surface area contributed by atoms with Crippen LogP contribution >= 0.6 is 0 Å². The number of halogens is 1. The molecule has 0 aromatic heterocycles. The third kappa shape index (κ3) is 2.78. The minimum absolute atomic E-state index is 0.0196. The van der Waals surface area contributed by atoms with Crippen LogP contribution in [0.15, 0.2) is 23.1 Å². The molecule has 0 spiro atoms. The maximum Gasteiger partial charge on any atom is 0.246 e. The Kier molecular flexibility index (Phi) is 4.28. The fourth-order valence-electron chi connectivity index (χ4n) is 2.08. The predicted octanol–water partition coefficient (Wildman–Crippen LogP) is 0.178. The second-order valence-corrected chi connectivity index (χ2v) is 6.61. The second kappa shape index (κ2) is 5.65. The van der Waals surface area contributed by atoms with Crippen LogP contribution in [-0.4, -0.2) is 49.7 Å². The van der Waals surface area contributed by atoms with Crippen LogP contribution < -0.4 is 5.73 Å². The van der Waals surface area contributed by atoms with Gasteiger partial charge < -0.3 is 15.6 Å². The molecule has 2 rings (SSSR count). The lowest BCUT2D eigenvalue weighted by Gasteiger charge is -2.36. The van der Waals surface area contributed by atoms with E-state index >= 15 is 0 Å². The van der Waals surface area contributed by atoms with Crippen molar-refractivity contribution in [1.29, 1.82) is 0 Å². The highest BCUT2D eigenvalue weighted by atomic mass is 32.2. The number of nitrogen functional groups attached to an aromatic ring is 1. The van der Waals surface area contributed by atoms with Gasteiger partial charge in [0.05, 0.1) is 19.3 Å². The van der Waals surface area contributed by atoms with Gasteiger partial charge in [-0.3, -0.25) is 0 Å². The summed E-state index contributed by atoms with van der Waals surface area (Å²) in [7, 11) is -4.02. The van der Waals surface area contributed by atoms with E-state index in [0.717, 1.165) is 16.4 Å². The Labute approximate surface area is 117 Å². The fourth-order valence-corrected chi connectivity index (χ4v) is 3.83. The first-order valence-electron chi connectivity index (χ1n) is 6.15. The van der Waals surface area contributed by atoms with Crippen molar-refractivity contribution in [1.82, 2.24) is 4.31 Å². The lowest BCUT2D eigenvalue weighted by molar-refractivity contribution is -0.0516. The van der Waals surface area contributed by atoms with Crippen LogP contribution in [-0.2, 0) is 14.8 Å². The lowest BCUT2D eigenvalue weighted by atomic mass is 10.2. The summed E-state index contributed by atoms with van der Waals surface area (Å²) >= 11 is 0. The maximum atomic E-state index is 13.8.